The highest BCUT2D eigenvalue weighted by Crippen LogP contribution is 2.44. The first kappa shape index (κ1) is 12.6. The molecule has 1 aromatic carbocycles. The average molecular weight is 231 g/mol. The Labute approximate surface area is 105 Å². The van der Waals surface area contributed by atoms with E-state index in [4.69, 9.17) is 5.73 Å². The van der Waals surface area contributed by atoms with Crippen LogP contribution in [0.3, 0.4) is 0 Å². The summed E-state index contributed by atoms with van der Waals surface area (Å²) < 4.78 is 0. The van der Waals surface area contributed by atoms with Crippen LogP contribution in [-0.4, -0.2) is 0 Å². The Balaban J connectivity index is 2.30. The molecule has 0 aliphatic heterocycles. The van der Waals surface area contributed by atoms with Gasteiger partial charge in [0.25, 0.3) is 0 Å². The summed E-state index contributed by atoms with van der Waals surface area (Å²) >= 11 is 0. The number of benzene rings is 1. The average Bonchev–Trinajstić information content (AvgIpc) is 2.26. The summed E-state index contributed by atoms with van der Waals surface area (Å²) in [7, 11) is 0. The molecule has 1 fully saturated rings. The molecule has 0 heterocycles. The fourth-order valence-electron chi connectivity index (χ4n) is 2.91. The van der Waals surface area contributed by atoms with Crippen molar-refractivity contribution in [3.8, 4) is 0 Å². The van der Waals surface area contributed by atoms with E-state index in [-0.39, 0.29) is 5.54 Å². The van der Waals surface area contributed by atoms with Crippen molar-refractivity contribution in [3.05, 3.63) is 34.9 Å². The van der Waals surface area contributed by atoms with Gasteiger partial charge in [0.15, 0.2) is 0 Å². The van der Waals surface area contributed by atoms with Gasteiger partial charge < -0.3 is 5.73 Å². The molecular formula is C16H25N. The van der Waals surface area contributed by atoms with Crippen molar-refractivity contribution < 1.29 is 0 Å². The normalized spacial score (nSPS) is 22.4. The first-order chi connectivity index (χ1) is 7.82. The minimum Gasteiger partial charge on any atom is -0.321 e. The van der Waals surface area contributed by atoms with E-state index in [0.717, 1.165) is 12.8 Å². The molecule has 0 spiro atoms. The molecule has 1 saturated carbocycles. The van der Waals surface area contributed by atoms with Gasteiger partial charge in [-0.1, -0.05) is 37.6 Å². The number of hydrogen-bond acceptors (Lipinski definition) is 1. The predicted octanol–water partition coefficient (Wildman–Crippen LogP) is 4.06. The topological polar surface area (TPSA) is 26.0 Å². The van der Waals surface area contributed by atoms with E-state index < -0.39 is 0 Å². The molecule has 0 atom stereocenters. The van der Waals surface area contributed by atoms with Crippen LogP contribution in [0.4, 0.5) is 0 Å². The largest absolute Gasteiger partial charge is 0.321 e. The van der Waals surface area contributed by atoms with Crippen LogP contribution in [0.5, 0.6) is 0 Å². The Morgan fingerprint density at radius 3 is 2.18 bits per heavy atom. The van der Waals surface area contributed by atoms with Gasteiger partial charge in [-0.15, -0.1) is 0 Å². The molecular weight excluding hydrogens is 206 g/mol. The molecule has 1 aliphatic carbocycles. The Morgan fingerprint density at radius 1 is 1.00 bits per heavy atom. The van der Waals surface area contributed by atoms with E-state index >= 15 is 0 Å². The summed E-state index contributed by atoms with van der Waals surface area (Å²) in [5.41, 5.74) is 11.1. The van der Waals surface area contributed by atoms with Crippen LogP contribution in [0.2, 0.25) is 0 Å². The summed E-state index contributed by atoms with van der Waals surface area (Å²) in [6.07, 6.45) is 4.70. The van der Waals surface area contributed by atoms with Crippen LogP contribution in [0.25, 0.3) is 0 Å². The molecule has 1 aliphatic rings. The second kappa shape index (κ2) is 4.13. The van der Waals surface area contributed by atoms with Crippen molar-refractivity contribution in [2.24, 2.45) is 11.1 Å². The van der Waals surface area contributed by atoms with Gasteiger partial charge >= 0.3 is 0 Å². The maximum absolute atomic E-state index is 6.67. The molecule has 0 amide bonds. The zero-order chi connectivity index (χ0) is 12.7. The molecule has 0 radical (unpaired) electrons. The lowest BCUT2D eigenvalue weighted by molar-refractivity contribution is 0.165. The minimum absolute atomic E-state index is 0.0916. The third-order valence-electron chi connectivity index (χ3n) is 4.43. The van der Waals surface area contributed by atoms with Crippen molar-refractivity contribution in [2.75, 3.05) is 0 Å². The standard InChI is InChI=1S/C16H25N/c1-12-5-6-13(2)14(11-12)16(17)9-7-15(3,4)8-10-16/h5-6,11H,7-10,17H2,1-4H3. The highest BCUT2D eigenvalue weighted by atomic mass is 14.8. The summed E-state index contributed by atoms with van der Waals surface area (Å²) in [5.74, 6) is 0. The number of nitrogens with two attached hydrogens (primary N) is 1. The molecule has 0 aromatic heterocycles. The second-order valence-corrected chi connectivity index (χ2v) is 6.64. The maximum atomic E-state index is 6.67. The van der Waals surface area contributed by atoms with Crippen molar-refractivity contribution in [2.45, 2.75) is 58.9 Å². The lowest BCUT2D eigenvalue weighted by Gasteiger charge is -2.42. The molecule has 0 bridgehead atoms. The number of rotatable bonds is 1. The van der Waals surface area contributed by atoms with Crippen molar-refractivity contribution in [1.82, 2.24) is 0 Å². The first-order valence-corrected chi connectivity index (χ1v) is 6.69. The Morgan fingerprint density at radius 2 is 1.59 bits per heavy atom. The smallest absolute Gasteiger partial charge is 0.0412 e. The molecule has 17 heavy (non-hydrogen) atoms. The molecule has 0 saturated heterocycles. The van der Waals surface area contributed by atoms with E-state index in [1.165, 1.54) is 29.5 Å². The van der Waals surface area contributed by atoms with Gasteiger partial charge in [0, 0.05) is 5.54 Å². The molecule has 94 valence electrons. The fourth-order valence-corrected chi connectivity index (χ4v) is 2.91. The van der Waals surface area contributed by atoms with Gasteiger partial charge in [-0.05, 0) is 56.1 Å². The zero-order valence-corrected chi connectivity index (χ0v) is 11.6. The third-order valence-corrected chi connectivity index (χ3v) is 4.43. The lowest BCUT2D eigenvalue weighted by atomic mass is 9.67. The van der Waals surface area contributed by atoms with E-state index in [0.29, 0.717) is 5.41 Å². The van der Waals surface area contributed by atoms with Crippen molar-refractivity contribution in [1.29, 1.82) is 0 Å². The van der Waals surface area contributed by atoms with Gasteiger partial charge in [0.05, 0.1) is 0 Å². The van der Waals surface area contributed by atoms with Gasteiger partial charge in [-0.3, -0.25) is 0 Å². The quantitative estimate of drug-likeness (QED) is 0.775. The summed E-state index contributed by atoms with van der Waals surface area (Å²) in [5, 5.41) is 0. The predicted molar refractivity (Wildman–Crippen MR) is 74.0 cm³/mol. The monoisotopic (exact) mass is 231 g/mol. The lowest BCUT2D eigenvalue weighted by Crippen LogP contribution is -2.42. The van der Waals surface area contributed by atoms with Gasteiger partial charge in [-0.25, -0.2) is 0 Å². The van der Waals surface area contributed by atoms with Crippen LogP contribution < -0.4 is 5.73 Å². The van der Waals surface area contributed by atoms with Crippen LogP contribution in [0.1, 0.15) is 56.2 Å². The SMILES string of the molecule is Cc1ccc(C)c(C2(N)CCC(C)(C)CC2)c1. The molecule has 2 N–H and O–H groups in total. The van der Waals surface area contributed by atoms with Gasteiger partial charge in [0.2, 0.25) is 0 Å². The van der Waals surface area contributed by atoms with Crippen LogP contribution in [-0.2, 0) is 5.54 Å². The Bertz CT molecular complexity index is 408. The molecule has 0 unspecified atom stereocenters. The minimum atomic E-state index is -0.0916. The molecule has 1 aromatic rings. The Hall–Kier alpha value is -0.820. The summed E-state index contributed by atoms with van der Waals surface area (Å²) in [6.45, 7) is 9.05. The number of hydrogen-bond donors (Lipinski definition) is 1. The summed E-state index contributed by atoms with van der Waals surface area (Å²) in [6, 6.07) is 6.67. The third kappa shape index (κ3) is 2.55. The fraction of sp³-hybridized carbons (Fsp3) is 0.625. The number of aryl methyl sites for hydroxylation is 2. The van der Waals surface area contributed by atoms with Crippen LogP contribution >= 0.6 is 0 Å². The molecule has 2 rings (SSSR count). The molecule has 1 heteroatoms. The zero-order valence-electron chi connectivity index (χ0n) is 11.6. The highest BCUT2D eigenvalue weighted by Gasteiger charge is 2.37. The summed E-state index contributed by atoms with van der Waals surface area (Å²) in [4.78, 5) is 0. The highest BCUT2D eigenvalue weighted by molar-refractivity contribution is 5.36. The Kier molecular flexibility index (Phi) is 3.07. The first-order valence-electron chi connectivity index (χ1n) is 6.69. The van der Waals surface area contributed by atoms with Crippen LogP contribution in [0.15, 0.2) is 18.2 Å². The van der Waals surface area contributed by atoms with Crippen molar-refractivity contribution >= 4 is 0 Å². The van der Waals surface area contributed by atoms with E-state index in [2.05, 4.69) is 45.9 Å². The van der Waals surface area contributed by atoms with Gasteiger partial charge in [-0.2, -0.15) is 0 Å². The van der Waals surface area contributed by atoms with Crippen LogP contribution in [0, 0.1) is 19.3 Å². The second-order valence-electron chi connectivity index (χ2n) is 6.64. The van der Waals surface area contributed by atoms with E-state index in [9.17, 15) is 0 Å². The van der Waals surface area contributed by atoms with Crippen molar-refractivity contribution in [3.63, 3.8) is 0 Å². The van der Waals surface area contributed by atoms with E-state index in [1.807, 2.05) is 0 Å². The molecule has 1 nitrogen and oxygen atoms in total. The van der Waals surface area contributed by atoms with Gasteiger partial charge in [0.1, 0.15) is 0 Å². The maximum Gasteiger partial charge on any atom is 0.0412 e. The van der Waals surface area contributed by atoms with E-state index in [1.54, 1.807) is 0 Å².